The Kier molecular flexibility index (Phi) is 3.41. The first-order chi connectivity index (χ1) is 8.08. The minimum atomic E-state index is 0.0878. The van der Waals surface area contributed by atoms with Crippen molar-refractivity contribution in [1.29, 1.82) is 0 Å². The van der Waals surface area contributed by atoms with Crippen molar-refractivity contribution in [1.82, 2.24) is 9.88 Å². The molecule has 1 aromatic heterocycles. The first kappa shape index (κ1) is 12.0. The summed E-state index contributed by atoms with van der Waals surface area (Å²) >= 11 is 0. The predicted molar refractivity (Wildman–Crippen MR) is 68.7 cm³/mol. The molecule has 0 atom stereocenters. The van der Waals surface area contributed by atoms with Gasteiger partial charge in [0.2, 0.25) is 0 Å². The summed E-state index contributed by atoms with van der Waals surface area (Å²) in [6.45, 7) is 5.21. The van der Waals surface area contributed by atoms with Gasteiger partial charge in [-0.3, -0.25) is 4.79 Å². The Hall–Kier alpha value is -1.45. The Balaban J connectivity index is 2.02. The minimum Gasteiger partial charge on any atom is -0.397 e. The highest BCUT2D eigenvalue weighted by Crippen LogP contribution is 2.28. The molecule has 3 N–H and O–H groups in total. The molecule has 0 aromatic carbocycles. The van der Waals surface area contributed by atoms with Gasteiger partial charge in [0, 0.05) is 24.5 Å². The summed E-state index contributed by atoms with van der Waals surface area (Å²) in [6.07, 6.45) is 5.00. The molecule has 1 amide bonds. The Labute approximate surface area is 102 Å². The first-order valence-electron chi connectivity index (χ1n) is 6.32. The Morgan fingerprint density at radius 3 is 2.76 bits per heavy atom. The molecular formula is C13H21N3O. The number of nitrogen functional groups attached to an aromatic ring is 1. The fourth-order valence-corrected chi connectivity index (χ4v) is 1.92. The lowest BCUT2D eigenvalue weighted by atomic mass is 10.1. The van der Waals surface area contributed by atoms with E-state index in [2.05, 4.69) is 18.8 Å². The number of nitrogens with two attached hydrogens (primary N) is 1. The van der Waals surface area contributed by atoms with Crippen LogP contribution in [0.2, 0.25) is 0 Å². The molecule has 0 unspecified atom stereocenters. The maximum Gasteiger partial charge on any atom is 0.270 e. The maximum atomic E-state index is 12.3. The average molecular weight is 235 g/mol. The number of aromatic amines is 1. The second-order valence-electron chi connectivity index (χ2n) is 5.26. The molecule has 1 aromatic rings. The van der Waals surface area contributed by atoms with E-state index in [1.807, 2.05) is 4.90 Å². The SMILES string of the molecule is CC(C)CCN(C(=O)c1cc(N)c[nH]1)C1CC1. The number of rotatable bonds is 5. The van der Waals surface area contributed by atoms with Gasteiger partial charge in [-0.25, -0.2) is 0 Å². The molecular weight excluding hydrogens is 214 g/mol. The quantitative estimate of drug-likeness (QED) is 0.822. The standard InChI is InChI=1S/C13H21N3O/c1-9(2)5-6-16(11-3-4-11)13(17)12-7-10(14)8-15-12/h7-9,11,15H,3-6,14H2,1-2H3. The number of hydrogen-bond acceptors (Lipinski definition) is 2. The summed E-state index contributed by atoms with van der Waals surface area (Å²) in [5.74, 6) is 0.711. The summed E-state index contributed by atoms with van der Waals surface area (Å²) in [6, 6.07) is 2.17. The fourth-order valence-electron chi connectivity index (χ4n) is 1.92. The minimum absolute atomic E-state index is 0.0878. The van der Waals surface area contributed by atoms with Gasteiger partial charge in [0.1, 0.15) is 5.69 Å². The molecule has 17 heavy (non-hydrogen) atoms. The number of nitrogens with one attached hydrogen (secondary N) is 1. The van der Waals surface area contributed by atoms with Crippen molar-refractivity contribution < 1.29 is 4.79 Å². The van der Waals surface area contributed by atoms with Crippen LogP contribution >= 0.6 is 0 Å². The number of carbonyl (C=O) groups excluding carboxylic acids is 1. The van der Waals surface area contributed by atoms with Crippen LogP contribution in [0.4, 0.5) is 5.69 Å². The van der Waals surface area contributed by atoms with Crippen LogP contribution in [0.15, 0.2) is 12.3 Å². The molecule has 1 aliphatic rings. The van der Waals surface area contributed by atoms with E-state index in [1.165, 1.54) is 0 Å². The zero-order chi connectivity index (χ0) is 12.4. The molecule has 0 aliphatic heterocycles. The lowest BCUT2D eigenvalue weighted by Gasteiger charge is -2.22. The summed E-state index contributed by atoms with van der Waals surface area (Å²) in [5, 5.41) is 0. The molecule has 1 heterocycles. The van der Waals surface area contributed by atoms with Crippen molar-refractivity contribution in [3.05, 3.63) is 18.0 Å². The highest BCUT2D eigenvalue weighted by atomic mass is 16.2. The summed E-state index contributed by atoms with van der Waals surface area (Å²) in [4.78, 5) is 17.2. The van der Waals surface area contributed by atoms with Gasteiger partial charge < -0.3 is 15.6 Å². The fraction of sp³-hybridized carbons (Fsp3) is 0.615. The number of hydrogen-bond donors (Lipinski definition) is 2. The van der Waals surface area contributed by atoms with Crippen molar-refractivity contribution in [2.24, 2.45) is 5.92 Å². The van der Waals surface area contributed by atoms with E-state index in [-0.39, 0.29) is 5.91 Å². The second kappa shape index (κ2) is 4.82. The lowest BCUT2D eigenvalue weighted by molar-refractivity contribution is 0.0730. The highest BCUT2D eigenvalue weighted by Gasteiger charge is 2.33. The molecule has 94 valence electrons. The molecule has 4 nitrogen and oxygen atoms in total. The van der Waals surface area contributed by atoms with Gasteiger partial charge in [-0.2, -0.15) is 0 Å². The molecule has 1 aliphatic carbocycles. The number of aromatic nitrogens is 1. The van der Waals surface area contributed by atoms with Crippen molar-refractivity contribution in [2.45, 2.75) is 39.2 Å². The van der Waals surface area contributed by atoms with E-state index >= 15 is 0 Å². The number of nitrogens with zero attached hydrogens (tertiary/aromatic N) is 1. The molecule has 0 spiro atoms. The third-order valence-corrected chi connectivity index (χ3v) is 3.13. The molecule has 2 rings (SSSR count). The van der Waals surface area contributed by atoms with Crippen LogP contribution in [0.5, 0.6) is 0 Å². The number of H-pyrrole nitrogens is 1. The molecule has 4 heteroatoms. The topological polar surface area (TPSA) is 62.1 Å². The lowest BCUT2D eigenvalue weighted by Crippen LogP contribution is -2.34. The number of carbonyl (C=O) groups is 1. The van der Waals surface area contributed by atoms with Crippen LogP contribution in [-0.2, 0) is 0 Å². The second-order valence-corrected chi connectivity index (χ2v) is 5.26. The van der Waals surface area contributed by atoms with E-state index in [9.17, 15) is 4.79 Å². The van der Waals surface area contributed by atoms with Crippen molar-refractivity contribution >= 4 is 11.6 Å². The number of amides is 1. The summed E-state index contributed by atoms with van der Waals surface area (Å²) < 4.78 is 0. The van der Waals surface area contributed by atoms with Crippen LogP contribution in [0.25, 0.3) is 0 Å². The average Bonchev–Trinajstić information content (AvgIpc) is 3.00. The third kappa shape index (κ3) is 3.02. The van der Waals surface area contributed by atoms with Crippen LogP contribution in [0.1, 0.15) is 43.6 Å². The Morgan fingerprint density at radius 2 is 2.29 bits per heavy atom. The maximum absolute atomic E-state index is 12.3. The normalized spacial score (nSPS) is 15.2. The zero-order valence-corrected chi connectivity index (χ0v) is 10.6. The largest absolute Gasteiger partial charge is 0.397 e. The van der Waals surface area contributed by atoms with E-state index in [4.69, 9.17) is 5.73 Å². The molecule has 1 fully saturated rings. The van der Waals surface area contributed by atoms with Crippen LogP contribution in [0, 0.1) is 5.92 Å². The monoisotopic (exact) mass is 235 g/mol. The predicted octanol–water partition coefficient (Wildman–Crippen LogP) is 2.25. The molecule has 0 bridgehead atoms. The van der Waals surface area contributed by atoms with Gasteiger partial charge in [-0.1, -0.05) is 13.8 Å². The molecule has 1 saturated carbocycles. The van der Waals surface area contributed by atoms with E-state index < -0.39 is 0 Å². The van der Waals surface area contributed by atoms with Gasteiger partial charge >= 0.3 is 0 Å². The summed E-state index contributed by atoms with van der Waals surface area (Å²) in [7, 11) is 0. The third-order valence-electron chi connectivity index (χ3n) is 3.13. The Bertz CT molecular complexity index is 393. The van der Waals surface area contributed by atoms with Crippen LogP contribution in [-0.4, -0.2) is 28.4 Å². The van der Waals surface area contributed by atoms with Crippen LogP contribution in [0.3, 0.4) is 0 Å². The summed E-state index contributed by atoms with van der Waals surface area (Å²) in [5.41, 5.74) is 6.86. The van der Waals surface area contributed by atoms with Gasteiger partial charge in [0.25, 0.3) is 5.91 Å². The zero-order valence-electron chi connectivity index (χ0n) is 10.6. The van der Waals surface area contributed by atoms with Crippen molar-refractivity contribution in [2.75, 3.05) is 12.3 Å². The number of anilines is 1. The van der Waals surface area contributed by atoms with E-state index in [1.54, 1.807) is 12.3 Å². The molecule has 0 radical (unpaired) electrons. The first-order valence-corrected chi connectivity index (χ1v) is 6.32. The van der Waals surface area contributed by atoms with Gasteiger partial charge in [0.15, 0.2) is 0 Å². The van der Waals surface area contributed by atoms with Crippen molar-refractivity contribution in [3.8, 4) is 0 Å². The molecule has 0 saturated heterocycles. The highest BCUT2D eigenvalue weighted by molar-refractivity contribution is 5.93. The van der Waals surface area contributed by atoms with E-state index in [0.29, 0.717) is 23.3 Å². The van der Waals surface area contributed by atoms with Gasteiger partial charge in [-0.15, -0.1) is 0 Å². The van der Waals surface area contributed by atoms with Crippen molar-refractivity contribution in [3.63, 3.8) is 0 Å². The van der Waals surface area contributed by atoms with Gasteiger partial charge in [0.05, 0.1) is 0 Å². The van der Waals surface area contributed by atoms with E-state index in [0.717, 1.165) is 25.8 Å². The van der Waals surface area contributed by atoms with Gasteiger partial charge in [-0.05, 0) is 31.2 Å². The van der Waals surface area contributed by atoms with Crippen LogP contribution < -0.4 is 5.73 Å². The smallest absolute Gasteiger partial charge is 0.270 e. The Morgan fingerprint density at radius 1 is 1.59 bits per heavy atom.